The first-order valence-corrected chi connectivity index (χ1v) is 4.10. The molecule has 0 aliphatic rings. The Balaban J connectivity index is 2.39. The van der Waals surface area contributed by atoms with Crippen LogP contribution < -0.4 is 10.1 Å². The van der Waals surface area contributed by atoms with Gasteiger partial charge in [-0.2, -0.15) is 4.98 Å². The summed E-state index contributed by atoms with van der Waals surface area (Å²) in [5.74, 6) is -0.0443. The zero-order valence-electron chi connectivity index (χ0n) is 8.03. The Morgan fingerprint density at radius 3 is 3.00 bits per heavy atom. The number of H-pyrrole nitrogens is 1. The van der Waals surface area contributed by atoms with Gasteiger partial charge in [0.05, 0.1) is 7.11 Å². The van der Waals surface area contributed by atoms with E-state index in [-0.39, 0.29) is 24.5 Å². The van der Waals surface area contributed by atoms with Crippen LogP contribution in [0.3, 0.4) is 0 Å². The van der Waals surface area contributed by atoms with E-state index in [9.17, 15) is 4.79 Å². The summed E-state index contributed by atoms with van der Waals surface area (Å²) in [5, 5.41) is 8.60. The molecule has 0 aliphatic carbocycles. The number of methoxy groups -OCH3 is 1. The average Bonchev–Trinajstić information content (AvgIpc) is 2.62. The van der Waals surface area contributed by atoms with Gasteiger partial charge in [0.1, 0.15) is 6.61 Å². The van der Waals surface area contributed by atoms with Crippen LogP contribution in [-0.2, 0) is 9.53 Å². The molecular formula is C7H12N4O3. The molecule has 1 aromatic rings. The van der Waals surface area contributed by atoms with E-state index in [2.05, 4.69) is 20.5 Å². The van der Waals surface area contributed by atoms with Gasteiger partial charge in [0.25, 0.3) is 5.91 Å². The van der Waals surface area contributed by atoms with Crippen LogP contribution in [0.15, 0.2) is 0 Å². The number of aromatic nitrogens is 3. The van der Waals surface area contributed by atoms with Gasteiger partial charge in [0.2, 0.25) is 5.95 Å². The summed E-state index contributed by atoms with van der Waals surface area (Å²) in [4.78, 5) is 14.9. The van der Waals surface area contributed by atoms with Crippen molar-refractivity contribution in [1.29, 1.82) is 0 Å². The molecule has 0 radical (unpaired) electrons. The third-order valence-electron chi connectivity index (χ3n) is 1.34. The summed E-state index contributed by atoms with van der Waals surface area (Å²) in [7, 11) is 1.44. The van der Waals surface area contributed by atoms with Gasteiger partial charge in [-0.05, 0) is 6.92 Å². The zero-order chi connectivity index (χ0) is 10.4. The zero-order valence-corrected chi connectivity index (χ0v) is 8.03. The average molecular weight is 200 g/mol. The Kier molecular flexibility index (Phi) is 3.86. The maximum atomic E-state index is 11.1. The molecule has 0 saturated carbocycles. The predicted molar refractivity (Wildman–Crippen MR) is 48.1 cm³/mol. The van der Waals surface area contributed by atoms with Crippen LogP contribution in [0.5, 0.6) is 6.01 Å². The molecule has 7 nitrogen and oxygen atoms in total. The minimum atomic E-state index is -0.286. The van der Waals surface area contributed by atoms with E-state index >= 15 is 0 Å². The molecule has 14 heavy (non-hydrogen) atoms. The Labute approximate surface area is 80.8 Å². The van der Waals surface area contributed by atoms with Crippen molar-refractivity contribution < 1.29 is 14.3 Å². The van der Waals surface area contributed by atoms with Gasteiger partial charge in [-0.1, -0.05) is 0 Å². The number of anilines is 1. The third kappa shape index (κ3) is 3.02. The fourth-order valence-corrected chi connectivity index (χ4v) is 0.757. The van der Waals surface area contributed by atoms with Gasteiger partial charge in [-0.3, -0.25) is 10.1 Å². The molecule has 0 aliphatic heterocycles. The second-order valence-corrected chi connectivity index (χ2v) is 2.36. The number of hydrogen-bond donors (Lipinski definition) is 2. The maximum absolute atomic E-state index is 11.1. The van der Waals surface area contributed by atoms with Crippen molar-refractivity contribution in [1.82, 2.24) is 15.2 Å². The summed E-state index contributed by atoms with van der Waals surface area (Å²) in [6.07, 6.45) is 0. The van der Waals surface area contributed by atoms with Crippen LogP contribution in [0.1, 0.15) is 6.92 Å². The monoisotopic (exact) mass is 200 g/mol. The third-order valence-corrected chi connectivity index (χ3v) is 1.34. The van der Waals surface area contributed by atoms with Gasteiger partial charge >= 0.3 is 6.01 Å². The number of carbonyl (C=O) groups is 1. The lowest BCUT2D eigenvalue weighted by molar-refractivity contribution is -0.120. The smallest absolute Gasteiger partial charge is 0.336 e. The first-order valence-electron chi connectivity index (χ1n) is 4.10. The molecule has 0 saturated heterocycles. The second kappa shape index (κ2) is 5.18. The molecule has 0 bridgehead atoms. The van der Waals surface area contributed by atoms with E-state index < -0.39 is 0 Å². The van der Waals surface area contributed by atoms with Crippen molar-refractivity contribution in [2.75, 3.05) is 25.6 Å². The summed E-state index contributed by atoms with van der Waals surface area (Å²) in [5.41, 5.74) is 0. The lowest BCUT2D eigenvalue weighted by atomic mass is 10.6. The van der Waals surface area contributed by atoms with E-state index in [1.165, 1.54) is 7.11 Å². The minimum absolute atomic E-state index is 0.000481. The number of nitrogens with one attached hydrogen (secondary N) is 2. The molecule has 0 atom stereocenters. The standard InChI is InChI=1S/C7H12N4O3/c1-3-14-4-5(12)8-6-9-7(13-2)11-10-6/h3-4H2,1-2H3,(H2,8,9,10,11,12). The maximum Gasteiger partial charge on any atom is 0.336 e. The van der Waals surface area contributed by atoms with Crippen LogP contribution in [0.4, 0.5) is 5.95 Å². The summed E-state index contributed by atoms with van der Waals surface area (Å²) in [6.45, 7) is 2.30. The Hall–Kier alpha value is -1.63. The highest BCUT2D eigenvalue weighted by Gasteiger charge is 2.06. The fourth-order valence-electron chi connectivity index (χ4n) is 0.757. The lowest BCUT2D eigenvalue weighted by Gasteiger charge is -2.00. The Bertz CT molecular complexity index is 299. The minimum Gasteiger partial charge on any atom is -0.466 e. The van der Waals surface area contributed by atoms with Crippen LogP contribution in [0.25, 0.3) is 0 Å². The normalized spacial score (nSPS) is 9.86. The van der Waals surface area contributed by atoms with Crippen LogP contribution >= 0.6 is 0 Å². The number of hydrogen-bond acceptors (Lipinski definition) is 5. The number of amides is 1. The highest BCUT2D eigenvalue weighted by molar-refractivity contribution is 5.89. The molecule has 0 fully saturated rings. The first-order chi connectivity index (χ1) is 6.76. The molecule has 78 valence electrons. The van der Waals surface area contributed by atoms with Gasteiger partial charge < -0.3 is 9.47 Å². The summed E-state index contributed by atoms with van der Waals surface area (Å²) < 4.78 is 9.62. The first kappa shape index (κ1) is 10.5. The predicted octanol–water partition coefficient (Wildman–Crippen LogP) is -0.212. The topological polar surface area (TPSA) is 89.1 Å². The van der Waals surface area contributed by atoms with Gasteiger partial charge in [-0.25, -0.2) is 5.10 Å². The molecule has 1 aromatic heterocycles. The SMILES string of the molecule is CCOCC(=O)Nc1nc(OC)n[nH]1. The van der Waals surface area contributed by atoms with Crippen LogP contribution in [0, 0.1) is 0 Å². The van der Waals surface area contributed by atoms with Crippen molar-refractivity contribution in [2.24, 2.45) is 0 Å². The van der Waals surface area contributed by atoms with E-state index in [1.807, 2.05) is 6.92 Å². The molecule has 1 heterocycles. The highest BCUT2D eigenvalue weighted by Crippen LogP contribution is 2.03. The van der Waals surface area contributed by atoms with E-state index in [4.69, 9.17) is 9.47 Å². The van der Waals surface area contributed by atoms with E-state index in [0.717, 1.165) is 0 Å². The van der Waals surface area contributed by atoms with Gasteiger partial charge in [0, 0.05) is 6.61 Å². The van der Waals surface area contributed by atoms with E-state index in [1.54, 1.807) is 0 Å². The Morgan fingerprint density at radius 2 is 2.43 bits per heavy atom. The van der Waals surface area contributed by atoms with Crippen molar-refractivity contribution in [3.63, 3.8) is 0 Å². The molecule has 2 N–H and O–H groups in total. The number of carbonyl (C=O) groups excluding carboxylic acids is 1. The number of aromatic amines is 1. The molecule has 1 amide bonds. The lowest BCUT2D eigenvalue weighted by Crippen LogP contribution is -2.18. The molecule has 7 heteroatoms. The number of ether oxygens (including phenoxy) is 2. The largest absolute Gasteiger partial charge is 0.466 e. The van der Waals surface area contributed by atoms with Gasteiger partial charge in [0.15, 0.2) is 0 Å². The fraction of sp³-hybridized carbons (Fsp3) is 0.571. The number of nitrogens with zero attached hydrogens (tertiary/aromatic N) is 2. The highest BCUT2D eigenvalue weighted by atomic mass is 16.5. The van der Waals surface area contributed by atoms with Crippen LogP contribution in [-0.4, -0.2) is 41.4 Å². The second-order valence-electron chi connectivity index (χ2n) is 2.36. The molecule has 1 rings (SSSR count). The summed E-state index contributed by atoms with van der Waals surface area (Å²) in [6, 6.07) is 0.178. The number of rotatable bonds is 5. The van der Waals surface area contributed by atoms with Crippen molar-refractivity contribution in [3.8, 4) is 6.01 Å². The molecule has 0 spiro atoms. The Morgan fingerprint density at radius 1 is 1.64 bits per heavy atom. The van der Waals surface area contributed by atoms with Crippen molar-refractivity contribution in [2.45, 2.75) is 6.92 Å². The van der Waals surface area contributed by atoms with Crippen molar-refractivity contribution >= 4 is 11.9 Å². The summed E-state index contributed by atoms with van der Waals surface area (Å²) >= 11 is 0. The van der Waals surface area contributed by atoms with Crippen molar-refractivity contribution in [3.05, 3.63) is 0 Å². The molecule has 0 unspecified atom stereocenters. The van der Waals surface area contributed by atoms with Crippen LogP contribution in [0.2, 0.25) is 0 Å². The van der Waals surface area contributed by atoms with E-state index in [0.29, 0.717) is 6.61 Å². The quantitative estimate of drug-likeness (QED) is 0.686. The van der Waals surface area contributed by atoms with Gasteiger partial charge in [-0.15, -0.1) is 5.10 Å². The molecule has 0 aromatic carbocycles. The molecular weight excluding hydrogens is 188 g/mol.